The Hall–Kier alpha value is -0.340. The van der Waals surface area contributed by atoms with Crippen LogP contribution in [0.15, 0.2) is 12.7 Å². The SMILES string of the molecule is C=CCCCOC1CCCC(O)C1. The molecule has 1 aliphatic rings. The highest BCUT2D eigenvalue weighted by Gasteiger charge is 2.19. The van der Waals surface area contributed by atoms with E-state index in [1.54, 1.807) is 0 Å². The molecule has 13 heavy (non-hydrogen) atoms. The van der Waals surface area contributed by atoms with Crippen LogP contribution < -0.4 is 0 Å². The Bertz CT molecular complexity index is 145. The minimum atomic E-state index is -0.127. The van der Waals surface area contributed by atoms with Gasteiger partial charge in [0.15, 0.2) is 0 Å². The van der Waals surface area contributed by atoms with Gasteiger partial charge in [-0.25, -0.2) is 0 Å². The summed E-state index contributed by atoms with van der Waals surface area (Å²) >= 11 is 0. The Morgan fingerprint density at radius 3 is 3.00 bits per heavy atom. The third-order valence-electron chi connectivity index (χ3n) is 2.50. The Labute approximate surface area is 80.6 Å². The van der Waals surface area contributed by atoms with Crippen LogP contribution in [0.25, 0.3) is 0 Å². The first-order valence-electron chi connectivity index (χ1n) is 5.23. The summed E-state index contributed by atoms with van der Waals surface area (Å²) in [5, 5.41) is 9.39. The van der Waals surface area contributed by atoms with Crippen LogP contribution in [0.4, 0.5) is 0 Å². The molecular formula is C11H20O2. The van der Waals surface area contributed by atoms with Gasteiger partial charge in [0, 0.05) is 6.61 Å². The smallest absolute Gasteiger partial charge is 0.0599 e. The molecule has 1 rings (SSSR count). The third-order valence-corrected chi connectivity index (χ3v) is 2.50. The van der Waals surface area contributed by atoms with Crippen molar-refractivity contribution in [1.82, 2.24) is 0 Å². The highest BCUT2D eigenvalue weighted by atomic mass is 16.5. The lowest BCUT2D eigenvalue weighted by molar-refractivity contribution is -0.0149. The molecule has 0 aliphatic heterocycles. The zero-order chi connectivity index (χ0) is 9.52. The summed E-state index contributed by atoms with van der Waals surface area (Å²) < 4.78 is 5.65. The fourth-order valence-corrected chi connectivity index (χ4v) is 1.75. The standard InChI is InChI=1S/C11H20O2/c1-2-3-4-8-13-11-7-5-6-10(12)9-11/h2,10-12H,1,3-9H2. The number of unbranched alkanes of at least 4 members (excludes halogenated alkanes) is 1. The van der Waals surface area contributed by atoms with E-state index in [4.69, 9.17) is 4.74 Å². The molecule has 1 aliphatic carbocycles. The maximum Gasteiger partial charge on any atom is 0.0599 e. The lowest BCUT2D eigenvalue weighted by Gasteiger charge is -2.25. The van der Waals surface area contributed by atoms with Gasteiger partial charge >= 0.3 is 0 Å². The van der Waals surface area contributed by atoms with Crippen molar-refractivity contribution in [1.29, 1.82) is 0 Å². The van der Waals surface area contributed by atoms with Crippen molar-refractivity contribution in [2.24, 2.45) is 0 Å². The van der Waals surface area contributed by atoms with Gasteiger partial charge in [0.1, 0.15) is 0 Å². The van der Waals surface area contributed by atoms with Crippen LogP contribution in [-0.4, -0.2) is 23.9 Å². The highest BCUT2D eigenvalue weighted by molar-refractivity contribution is 4.72. The first-order chi connectivity index (χ1) is 6.33. The van der Waals surface area contributed by atoms with Crippen molar-refractivity contribution in [3.05, 3.63) is 12.7 Å². The predicted molar refractivity (Wildman–Crippen MR) is 53.6 cm³/mol. The first-order valence-corrected chi connectivity index (χ1v) is 5.23. The molecule has 1 fully saturated rings. The van der Waals surface area contributed by atoms with Gasteiger partial charge < -0.3 is 9.84 Å². The molecule has 0 bridgehead atoms. The first kappa shape index (κ1) is 10.7. The largest absolute Gasteiger partial charge is 0.393 e. The molecule has 0 saturated heterocycles. The summed E-state index contributed by atoms with van der Waals surface area (Å²) in [5.41, 5.74) is 0. The molecule has 1 saturated carbocycles. The van der Waals surface area contributed by atoms with Gasteiger partial charge in [-0.2, -0.15) is 0 Å². The molecule has 0 radical (unpaired) electrons. The van der Waals surface area contributed by atoms with Crippen molar-refractivity contribution in [3.63, 3.8) is 0 Å². The van der Waals surface area contributed by atoms with Crippen LogP contribution in [0.2, 0.25) is 0 Å². The average molecular weight is 184 g/mol. The summed E-state index contributed by atoms with van der Waals surface area (Å²) in [4.78, 5) is 0. The maximum absolute atomic E-state index is 9.39. The number of aliphatic hydroxyl groups excluding tert-OH is 1. The van der Waals surface area contributed by atoms with Gasteiger partial charge in [-0.1, -0.05) is 6.08 Å². The summed E-state index contributed by atoms with van der Waals surface area (Å²) in [6, 6.07) is 0. The summed E-state index contributed by atoms with van der Waals surface area (Å²) in [5.74, 6) is 0. The van der Waals surface area contributed by atoms with Crippen molar-refractivity contribution in [2.75, 3.05) is 6.61 Å². The van der Waals surface area contributed by atoms with Crippen molar-refractivity contribution >= 4 is 0 Å². The molecular weight excluding hydrogens is 164 g/mol. The zero-order valence-corrected chi connectivity index (χ0v) is 8.24. The second kappa shape index (κ2) is 6.17. The molecule has 0 spiro atoms. The normalized spacial score (nSPS) is 28.7. The van der Waals surface area contributed by atoms with E-state index in [1.807, 2.05) is 6.08 Å². The summed E-state index contributed by atoms with van der Waals surface area (Å²) in [6.07, 6.45) is 8.16. The Morgan fingerprint density at radius 2 is 2.31 bits per heavy atom. The number of ether oxygens (including phenoxy) is 1. The number of hydrogen-bond acceptors (Lipinski definition) is 2. The van der Waals surface area contributed by atoms with Crippen molar-refractivity contribution < 1.29 is 9.84 Å². The summed E-state index contributed by atoms with van der Waals surface area (Å²) in [6.45, 7) is 4.47. The van der Waals surface area contributed by atoms with Crippen LogP contribution >= 0.6 is 0 Å². The van der Waals surface area contributed by atoms with Crippen LogP contribution in [0, 0.1) is 0 Å². The van der Waals surface area contributed by atoms with E-state index in [1.165, 1.54) is 0 Å². The van der Waals surface area contributed by atoms with Gasteiger partial charge in [-0.05, 0) is 38.5 Å². The fraction of sp³-hybridized carbons (Fsp3) is 0.818. The van der Waals surface area contributed by atoms with Gasteiger partial charge in [0.2, 0.25) is 0 Å². The topological polar surface area (TPSA) is 29.5 Å². The second-order valence-electron chi connectivity index (χ2n) is 3.74. The number of allylic oxidation sites excluding steroid dienone is 1. The van der Waals surface area contributed by atoms with E-state index >= 15 is 0 Å². The number of rotatable bonds is 5. The maximum atomic E-state index is 9.39. The predicted octanol–water partition coefficient (Wildman–Crippen LogP) is 2.27. The van der Waals surface area contributed by atoms with Gasteiger partial charge in [0.25, 0.3) is 0 Å². The van der Waals surface area contributed by atoms with E-state index in [0.29, 0.717) is 6.10 Å². The number of aliphatic hydroxyl groups is 1. The van der Waals surface area contributed by atoms with E-state index in [2.05, 4.69) is 6.58 Å². The van der Waals surface area contributed by atoms with E-state index < -0.39 is 0 Å². The minimum absolute atomic E-state index is 0.127. The third kappa shape index (κ3) is 4.44. The van der Waals surface area contributed by atoms with Crippen molar-refractivity contribution in [3.8, 4) is 0 Å². The molecule has 0 aromatic carbocycles. The monoisotopic (exact) mass is 184 g/mol. The quantitative estimate of drug-likeness (QED) is 0.524. The minimum Gasteiger partial charge on any atom is -0.393 e. The molecule has 0 heterocycles. The molecule has 76 valence electrons. The van der Waals surface area contributed by atoms with Crippen LogP contribution in [0.3, 0.4) is 0 Å². The highest BCUT2D eigenvalue weighted by Crippen LogP contribution is 2.21. The van der Waals surface area contributed by atoms with Gasteiger partial charge in [-0.3, -0.25) is 0 Å². The average Bonchev–Trinajstić information content (AvgIpc) is 2.13. The Kier molecular flexibility index (Phi) is 5.09. The van der Waals surface area contributed by atoms with Crippen LogP contribution in [0.1, 0.15) is 38.5 Å². The summed E-state index contributed by atoms with van der Waals surface area (Å²) in [7, 11) is 0. The second-order valence-corrected chi connectivity index (χ2v) is 3.74. The fourth-order valence-electron chi connectivity index (χ4n) is 1.75. The van der Waals surface area contributed by atoms with E-state index in [-0.39, 0.29) is 6.10 Å². The molecule has 2 nitrogen and oxygen atoms in total. The zero-order valence-electron chi connectivity index (χ0n) is 8.24. The molecule has 0 amide bonds. The molecule has 0 aromatic heterocycles. The molecule has 1 N–H and O–H groups in total. The van der Waals surface area contributed by atoms with Crippen molar-refractivity contribution in [2.45, 2.75) is 50.7 Å². The van der Waals surface area contributed by atoms with Crippen LogP contribution in [0.5, 0.6) is 0 Å². The Balaban J connectivity index is 2.03. The number of hydrogen-bond donors (Lipinski definition) is 1. The van der Waals surface area contributed by atoms with Crippen LogP contribution in [-0.2, 0) is 4.74 Å². The van der Waals surface area contributed by atoms with Gasteiger partial charge in [0.05, 0.1) is 12.2 Å². The lowest BCUT2D eigenvalue weighted by Crippen LogP contribution is -2.26. The molecule has 2 unspecified atom stereocenters. The Morgan fingerprint density at radius 1 is 1.46 bits per heavy atom. The molecule has 2 atom stereocenters. The lowest BCUT2D eigenvalue weighted by atomic mass is 9.95. The van der Waals surface area contributed by atoms with E-state index in [0.717, 1.165) is 45.1 Å². The molecule has 0 aromatic rings. The molecule has 2 heteroatoms. The van der Waals surface area contributed by atoms with E-state index in [9.17, 15) is 5.11 Å². The van der Waals surface area contributed by atoms with Gasteiger partial charge in [-0.15, -0.1) is 6.58 Å².